The van der Waals surface area contributed by atoms with Gasteiger partial charge in [-0.2, -0.15) is 0 Å². The van der Waals surface area contributed by atoms with Crippen molar-refractivity contribution in [3.05, 3.63) is 33.3 Å². The second-order valence-corrected chi connectivity index (χ2v) is 5.28. The maximum atomic E-state index is 11.6. The molecule has 7 heteroatoms. The predicted octanol–water partition coefficient (Wildman–Crippen LogP) is 3.00. The molecule has 0 unspecified atom stereocenters. The molecule has 0 radical (unpaired) electrons. The highest BCUT2D eigenvalue weighted by Crippen LogP contribution is 2.26. The molecule has 0 aromatic heterocycles. The van der Waals surface area contributed by atoms with Crippen LogP contribution in [0.25, 0.3) is 0 Å². The molecule has 1 rings (SSSR count). The van der Waals surface area contributed by atoms with Crippen LogP contribution in [0.3, 0.4) is 0 Å². The molecule has 1 aromatic rings. The molecule has 1 amide bonds. The second kappa shape index (κ2) is 5.99. The number of nitrogens with zero attached hydrogens (tertiary/aromatic N) is 1. The first-order valence-electron chi connectivity index (χ1n) is 5.57. The number of nitrogens with one attached hydrogen (secondary N) is 1. The summed E-state index contributed by atoms with van der Waals surface area (Å²) in [4.78, 5) is 21.6. The van der Waals surface area contributed by atoms with Crippen molar-refractivity contribution in [2.45, 2.75) is 26.4 Å². The number of rotatable bonds is 4. The van der Waals surface area contributed by atoms with Crippen LogP contribution < -0.4 is 5.32 Å². The first kappa shape index (κ1) is 15.4. The Morgan fingerprint density at radius 2 is 2.11 bits per heavy atom. The van der Waals surface area contributed by atoms with E-state index < -0.39 is 10.5 Å². The summed E-state index contributed by atoms with van der Waals surface area (Å²) in [6, 6.07) is 3.84. The SMILES string of the molecule is CC(C)(C)OCC(=O)Nc1ccc([N+](=O)[O-])cc1Cl. The number of carbonyl (C=O) groups excluding carboxylic acids is 1. The molecule has 0 spiro atoms. The Balaban J connectivity index is 2.67. The zero-order valence-electron chi connectivity index (χ0n) is 10.9. The van der Waals surface area contributed by atoms with Crippen LogP contribution in [0.5, 0.6) is 0 Å². The molecule has 0 fully saturated rings. The average molecular weight is 287 g/mol. The van der Waals surface area contributed by atoms with Gasteiger partial charge in [-0.05, 0) is 26.8 Å². The highest BCUT2D eigenvalue weighted by molar-refractivity contribution is 6.33. The van der Waals surface area contributed by atoms with Crippen molar-refractivity contribution in [1.82, 2.24) is 0 Å². The van der Waals surface area contributed by atoms with E-state index >= 15 is 0 Å². The van der Waals surface area contributed by atoms with E-state index in [4.69, 9.17) is 16.3 Å². The van der Waals surface area contributed by atoms with Crippen molar-refractivity contribution in [3.63, 3.8) is 0 Å². The number of hydrogen-bond acceptors (Lipinski definition) is 4. The Kier molecular flexibility index (Phi) is 4.85. The minimum Gasteiger partial charge on any atom is -0.366 e. The van der Waals surface area contributed by atoms with Crippen LogP contribution in [-0.4, -0.2) is 23.0 Å². The molecule has 0 saturated carbocycles. The average Bonchev–Trinajstić information content (AvgIpc) is 2.28. The van der Waals surface area contributed by atoms with Gasteiger partial charge in [0.15, 0.2) is 0 Å². The lowest BCUT2D eigenvalue weighted by molar-refractivity contribution is -0.384. The van der Waals surface area contributed by atoms with Crippen LogP contribution in [0.1, 0.15) is 20.8 Å². The fourth-order valence-corrected chi connectivity index (χ4v) is 1.41. The fourth-order valence-electron chi connectivity index (χ4n) is 1.19. The third-order valence-electron chi connectivity index (χ3n) is 2.07. The van der Waals surface area contributed by atoms with E-state index in [1.807, 2.05) is 20.8 Å². The van der Waals surface area contributed by atoms with E-state index in [2.05, 4.69) is 5.32 Å². The summed E-state index contributed by atoms with van der Waals surface area (Å²) in [6.07, 6.45) is 0. The third kappa shape index (κ3) is 5.23. The van der Waals surface area contributed by atoms with E-state index in [1.54, 1.807) is 0 Å². The van der Waals surface area contributed by atoms with Gasteiger partial charge in [-0.25, -0.2) is 0 Å². The topological polar surface area (TPSA) is 81.5 Å². The lowest BCUT2D eigenvalue weighted by atomic mass is 10.2. The van der Waals surface area contributed by atoms with E-state index in [0.29, 0.717) is 5.69 Å². The highest BCUT2D eigenvalue weighted by Gasteiger charge is 2.15. The molecular weight excluding hydrogens is 272 g/mol. The van der Waals surface area contributed by atoms with Gasteiger partial charge in [-0.1, -0.05) is 11.6 Å². The van der Waals surface area contributed by atoms with Gasteiger partial charge in [0.25, 0.3) is 5.69 Å². The summed E-state index contributed by atoms with van der Waals surface area (Å²) in [6.45, 7) is 5.38. The maximum absolute atomic E-state index is 11.6. The molecule has 0 aliphatic heterocycles. The van der Waals surface area contributed by atoms with Gasteiger partial charge in [0.05, 0.1) is 21.2 Å². The van der Waals surface area contributed by atoms with Gasteiger partial charge in [0.2, 0.25) is 5.91 Å². The van der Waals surface area contributed by atoms with Gasteiger partial charge in [-0.3, -0.25) is 14.9 Å². The number of benzene rings is 1. The first-order chi connectivity index (χ1) is 8.69. The lowest BCUT2D eigenvalue weighted by Crippen LogP contribution is -2.27. The monoisotopic (exact) mass is 286 g/mol. The molecule has 1 N–H and O–H groups in total. The zero-order chi connectivity index (χ0) is 14.6. The van der Waals surface area contributed by atoms with Gasteiger partial charge in [0, 0.05) is 12.1 Å². The van der Waals surface area contributed by atoms with Gasteiger partial charge in [0.1, 0.15) is 6.61 Å². The van der Waals surface area contributed by atoms with E-state index in [1.165, 1.54) is 18.2 Å². The van der Waals surface area contributed by atoms with Gasteiger partial charge in [-0.15, -0.1) is 0 Å². The van der Waals surface area contributed by atoms with E-state index in [9.17, 15) is 14.9 Å². The minimum absolute atomic E-state index is 0.110. The summed E-state index contributed by atoms with van der Waals surface area (Å²) in [5.74, 6) is -0.370. The standard InChI is InChI=1S/C12H15ClN2O4/c1-12(2,3)19-7-11(16)14-10-5-4-8(15(17)18)6-9(10)13/h4-6H,7H2,1-3H3,(H,14,16). The highest BCUT2D eigenvalue weighted by atomic mass is 35.5. The molecule has 19 heavy (non-hydrogen) atoms. The second-order valence-electron chi connectivity index (χ2n) is 4.87. The zero-order valence-corrected chi connectivity index (χ0v) is 11.7. The molecule has 0 bridgehead atoms. The number of halogens is 1. The number of carbonyl (C=O) groups is 1. The molecule has 6 nitrogen and oxygen atoms in total. The molecule has 0 heterocycles. The molecular formula is C12H15ClN2O4. The van der Waals surface area contributed by atoms with Crippen molar-refractivity contribution >= 4 is 28.9 Å². The van der Waals surface area contributed by atoms with Crippen LogP contribution >= 0.6 is 11.6 Å². The number of nitro benzene ring substituents is 1. The van der Waals surface area contributed by atoms with Gasteiger partial charge < -0.3 is 10.1 Å². The number of nitro groups is 1. The third-order valence-corrected chi connectivity index (χ3v) is 2.39. The van der Waals surface area contributed by atoms with E-state index in [-0.39, 0.29) is 23.2 Å². The molecule has 0 aliphatic carbocycles. The first-order valence-corrected chi connectivity index (χ1v) is 5.94. The van der Waals surface area contributed by atoms with Crippen LogP contribution in [0.4, 0.5) is 11.4 Å². The molecule has 0 aliphatic rings. The van der Waals surface area contributed by atoms with Gasteiger partial charge >= 0.3 is 0 Å². The molecule has 1 aromatic carbocycles. The lowest BCUT2D eigenvalue weighted by Gasteiger charge is -2.19. The Morgan fingerprint density at radius 3 is 2.58 bits per heavy atom. The van der Waals surface area contributed by atoms with Crippen molar-refractivity contribution < 1.29 is 14.5 Å². The van der Waals surface area contributed by atoms with Crippen LogP contribution in [0, 0.1) is 10.1 Å². The Bertz CT molecular complexity index is 497. The number of ether oxygens (including phenoxy) is 1. The summed E-state index contributed by atoms with van der Waals surface area (Å²) in [5.41, 5.74) is -0.236. The number of hydrogen-bond donors (Lipinski definition) is 1. The minimum atomic E-state index is -0.555. The number of amides is 1. The predicted molar refractivity (Wildman–Crippen MR) is 72.4 cm³/mol. The summed E-state index contributed by atoms with van der Waals surface area (Å²) in [7, 11) is 0. The molecule has 0 atom stereocenters. The quantitative estimate of drug-likeness (QED) is 0.681. The summed E-state index contributed by atoms with van der Waals surface area (Å²) in [5, 5.41) is 13.2. The fraction of sp³-hybridized carbons (Fsp3) is 0.417. The smallest absolute Gasteiger partial charge is 0.271 e. The summed E-state index contributed by atoms with van der Waals surface area (Å²) < 4.78 is 5.30. The van der Waals surface area contributed by atoms with Crippen LogP contribution in [-0.2, 0) is 9.53 Å². The largest absolute Gasteiger partial charge is 0.366 e. The van der Waals surface area contributed by atoms with Crippen molar-refractivity contribution in [3.8, 4) is 0 Å². The van der Waals surface area contributed by atoms with E-state index in [0.717, 1.165) is 0 Å². The van der Waals surface area contributed by atoms with Crippen LogP contribution in [0.2, 0.25) is 5.02 Å². The molecule has 104 valence electrons. The Morgan fingerprint density at radius 1 is 1.47 bits per heavy atom. The Labute approximate surface area is 115 Å². The molecule has 0 saturated heterocycles. The van der Waals surface area contributed by atoms with Crippen molar-refractivity contribution in [1.29, 1.82) is 0 Å². The van der Waals surface area contributed by atoms with Crippen molar-refractivity contribution in [2.24, 2.45) is 0 Å². The Hall–Kier alpha value is -1.66. The number of non-ortho nitro benzene ring substituents is 1. The van der Waals surface area contributed by atoms with Crippen molar-refractivity contribution in [2.75, 3.05) is 11.9 Å². The normalized spacial score (nSPS) is 11.2. The summed E-state index contributed by atoms with van der Waals surface area (Å²) >= 11 is 5.85. The van der Waals surface area contributed by atoms with Crippen LogP contribution in [0.15, 0.2) is 18.2 Å². The number of anilines is 1. The maximum Gasteiger partial charge on any atom is 0.271 e.